The lowest BCUT2D eigenvalue weighted by molar-refractivity contribution is 0.167. The number of aliphatic hydroxyl groups is 1. The third kappa shape index (κ3) is 1.67. The molecule has 0 aliphatic carbocycles. The van der Waals surface area contributed by atoms with E-state index in [4.69, 9.17) is 0 Å². The molecule has 0 fully saturated rings. The molecule has 0 aliphatic rings. The quantitative estimate of drug-likeness (QED) is 0.721. The van der Waals surface area contributed by atoms with Gasteiger partial charge in [-0.1, -0.05) is 6.92 Å². The van der Waals surface area contributed by atoms with Gasteiger partial charge in [0.25, 0.3) is 0 Å². The molecule has 1 aromatic rings. The van der Waals surface area contributed by atoms with Crippen molar-refractivity contribution in [3.63, 3.8) is 0 Å². The Labute approximate surface area is 73.1 Å². The molecule has 2 unspecified atom stereocenters. The first-order valence-electron chi connectivity index (χ1n) is 4.20. The maximum Gasteiger partial charge on any atom is 0.105 e. The predicted molar refractivity (Wildman–Crippen MR) is 48.0 cm³/mol. The van der Waals surface area contributed by atoms with Crippen LogP contribution in [0.3, 0.4) is 0 Å². The fraction of sp³-hybridized carbons (Fsp3) is 0.667. The molecule has 12 heavy (non-hydrogen) atoms. The zero-order valence-electron chi connectivity index (χ0n) is 8.07. The molecule has 0 saturated carbocycles. The number of aliphatic hydroxyl groups excluding tert-OH is 1. The summed E-state index contributed by atoms with van der Waals surface area (Å²) in [7, 11) is 1.96. The Kier molecular flexibility index (Phi) is 2.52. The van der Waals surface area contributed by atoms with Crippen molar-refractivity contribution < 1.29 is 5.11 Å². The molecule has 68 valence electrons. The Morgan fingerprint density at radius 1 is 1.50 bits per heavy atom. The van der Waals surface area contributed by atoms with Gasteiger partial charge in [0.15, 0.2) is 0 Å². The molecule has 3 nitrogen and oxygen atoms in total. The Balaban J connectivity index is 2.89. The van der Waals surface area contributed by atoms with Crippen molar-refractivity contribution in [3.05, 3.63) is 17.7 Å². The van der Waals surface area contributed by atoms with Crippen molar-refractivity contribution in [2.24, 2.45) is 7.05 Å². The summed E-state index contributed by atoms with van der Waals surface area (Å²) in [5.74, 6) is 1.10. The maximum absolute atomic E-state index is 9.33. The van der Waals surface area contributed by atoms with E-state index >= 15 is 0 Å². The van der Waals surface area contributed by atoms with Crippen LogP contribution < -0.4 is 0 Å². The summed E-state index contributed by atoms with van der Waals surface area (Å²) in [5, 5.41) is 9.33. The van der Waals surface area contributed by atoms with Gasteiger partial charge in [0.1, 0.15) is 5.82 Å². The molecule has 1 aromatic heterocycles. The van der Waals surface area contributed by atoms with E-state index in [-0.39, 0.29) is 12.0 Å². The van der Waals surface area contributed by atoms with Gasteiger partial charge in [-0.2, -0.15) is 0 Å². The number of imidazole rings is 1. The Morgan fingerprint density at radius 3 is 2.42 bits per heavy atom. The summed E-state index contributed by atoms with van der Waals surface area (Å²) < 4.78 is 1.97. The monoisotopic (exact) mass is 168 g/mol. The topological polar surface area (TPSA) is 38.1 Å². The number of aromatic nitrogens is 2. The molecule has 2 atom stereocenters. The largest absolute Gasteiger partial charge is 0.393 e. The van der Waals surface area contributed by atoms with Crippen molar-refractivity contribution >= 4 is 0 Å². The van der Waals surface area contributed by atoms with Crippen molar-refractivity contribution in [3.8, 4) is 0 Å². The van der Waals surface area contributed by atoms with Crippen LogP contribution in [0.5, 0.6) is 0 Å². The van der Waals surface area contributed by atoms with E-state index in [9.17, 15) is 5.11 Å². The fourth-order valence-corrected chi connectivity index (χ4v) is 1.05. The molecule has 3 heteroatoms. The van der Waals surface area contributed by atoms with Gasteiger partial charge in [-0.05, 0) is 13.8 Å². The molecule has 0 aromatic carbocycles. The summed E-state index contributed by atoms with van der Waals surface area (Å²) in [6.07, 6.45) is 1.63. The number of nitrogens with zero attached hydrogens (tertiary/aromatic N) is 2. The standard InChI is InChI=1S/C9H16N2O/c1-6(7(2)12)9-5-11(4)8(3)10-9/h5-7,12H,1-4H3. The molecule has 0 bridgehead atoms. The first kappa shape index (κ1) is 9.26. The number of hydrogen-bond donors (Lipinski definition) is 1. The van der Waals surface area contributed by atoms with Gasteiger partial charge < -0.3 is 9.67 Å². The second kappa shape index (κ2) is 3.27. The summed E-state index contributed by atoms with van der Waals surface area (Å²) in [6.45, 7) is 5.72. The minimum absolute atomic E-state index is 0.116. The Bertz CT molecular complexity index is 246. The lowest BCUT2D eigenvalue weighted by atomic mass is 10.0. The van der Waals surface area contributed by atoms with Gasteiger partial charge in [0, 0.05) is 19.2 Å². The van der Waals surface area contributed by atoms with E-state index in [1.165, 1.54) is 0 Å². The van der Waals surface area contributed by atoms with Crippen LogP contribution in [0.25, 0.3) is 0 Å². The lowest BCUT2D eigenvalue weighted by Crippen LogP contribution is -2.11. The van der Waals surface area contributed by atoms with Crippen LogP contribution in [0.2, 0.25) is 0 Å². The van der Waals surface area contributed by atoms with E-state index in [0.717, 1.165) is 11.5 Å². The molecule has 0 saturated heterocycles. The molecule has 0 aliphatic heterocycles. The number of rotatable bonds is 2. The highest BCUT2D eigenvalue weighted by Gasteiger charge is 2.14. The second-order valence-corrected chi connectivity index (χ2v) is 3.35. The normalized spacial score (nSPS) is 16.1. The van der Waals surface area contributed by atoms with E-state index in [1.807, 2.05) is 31.7 Å². The van der Waals surface area contributed by atoms with Crippen LogP contribution in [0, 0.1) is 6.92 Å². The van der Waals surface area contributed by atoms with Gasteiger partial charge in [0.2, 0.25) is 0 Å². The highest BCUT2D eigenvalue weighted by atomic mass is 16.3. The van der Waals surface area contributed by atoms with Gasteiger partial charge in [0.05, 0.1) is 11.8 Å². The molecule has 1 N–H and O–H groups in total. The molecule has 0 spiro atoms. The van der Waals surface area contributed by atoms with Crippen LogP contribution in [-0.4, -0.2) is 20.8 Å². The van der Waals surface area contributed by atoms with E-state index in [2.05, 4.69) is 4.98 Å². The number of hydrogen-bond acceptors (Lipinski definition) is 2. The van der Waals surface area contributed by atoms with Gasteiger partial charge in [-0.25, -0.2) is 4.98 Å². The first-order chi connectivity index (χ1) is 5.52. The summed E-state index contributed by atoms with van der Waals surface area (Å²) in [6, 6.07) is 0. The molecule has 0 amide bonds. The molecular weight excluding hydrogens is 152 g/mol. The summed E-state index contributed by atoms with van der Waals surface area (Å²) in [5.41, 5.74) is 0.963. The average Bonchev–Trinajstić information content (AvgIpc) is 2.30. The minimum Gasteiger partial charge on any atom is -0.393 e. The van der Waals surface area contributed by atoms with Crippen LogP contribution in [0.15, 0.2) is 6.20 Å². The van der Waals surface area contributed by atoms with Gasteiger partial charge in [-0.3, -0.25) is 0 Å². The van der Waals surface area contributed by atoms with Gasteiger partial charge in [-0.15, -0.1) is 0 Å². The third-order valence-electron chi connectivity index (χ3n) is 2.32. The minimum atomic E-state index is -0.334. The highest BCUT2D eigenvalue weighted by Crippen LogP contribution is 2.17. The fourth-order valence-electron chi connectivity index (χ4n) is 1.05. The van der Waals surface area contributed by atoms with Crippen molar-refractivity contribution in [2.45, 2.75) is 32.8 Å². The Morgan fingerprint density at radius 2 is 2.08 bits per heavy atom. The zero-order valence-corrected chi connectivity index (χ0v) is 8.07. The van der Waals surface area contributed by atoms with Crippen molar-refractivity contribution in [2.75, 3.05) is 0 Å². The van der Waals surface area contributed by atoms with Crippen molar-refractivity contribution in [1.82, 2.24) is 9.55 Å². The van der Waals surface area contributed by atoms with Crippen molar-refractivity contribution in [1.29, 1.82) is 0 Å². The van der Waals surface area contributed by atoms with Crippen LogP contribution in [-0.2, 0) is 7.05 Å². The Hall–Kier alpha value is -0.830. The van der Waals surface area contributed by atoms with Gasteiger partial charge >= 0.3 is 0 Å². The van der Waals surface area contributed by atoms with Crippen LogP contribution in [0.4, 0.5) is 0 Å². The molecule has 1 rings (SSSR count). The smallest absolute Gasteiger partial charge is 0.105 e. The summed E-state index contributed by atoms with van der Waals surface area (Å²) >= 11 is 0. The second-order valence-electron chi connectivity index (χ2n) is 3.35. The van der Waals surface area contributed by atoms with Crippen LogP contribution >= 0.6 is 0 Å². The highest BCUT2D eigenvalue weighted by molar-refractivity contribution is 5.08. The van der Waals surface area contributed by atoms with E-state index < -0.39 is 0 Å². The summed E-state index contributed by atoms with van der Waals surface area (Å²) in [4.78, 5) is 4.33. The van der Waals surface area contributed by atoms with E-state index in [1.54, 1.807) is 6.92 Å². The number of aryl methyl sites for hydroxylation is 2. The third-order valence-corrected chi connectivity index (χ3v) is 2.32. The first-order valence-corrected chi connectivity index (χ1v) is 4.20. The van der Waals surface area contributed by atoms with E-state index in [0.29, 0.717) is 0 Å². The average molecular weight is 168 g/mol. The lowest BCUT2D eigenvalue weighted by Gasteiger charge is -2.10. The predicted octanol–water partition coefficient (Wildman–Crippen LogP) is 1.21. The molecular formula is C9H16N2O. The zero-order chi connectivity index (χ0) is 9.30. The van der Waals surface area contributed by atoms with Crippen LogP contribution in [0.1, 0.15) is 31.3 Å². The SMILES string of the molecule is Cc1nc(C(C)C(C)O)cn1C. The molecule has 0 radical (unpaired) electrons. The molecule has 1 heterocycles. The maximum atomic E-state index is 9.33.